The standard InChI is InChI=1S/C9H8F3NO/c1-5-4-6(10)2-3-7(5)13-9(14)8(11)12/h2-4,8H,1H3,(H,13,14). The second kappa shape index (κ2) is 4.13. The predicted octanol–water partition coefficient (Wildman–Crippen LogP) is 2.34. The molecule has 0 saturated heterocycles. The number of benzene rings is 1. The van der Waals surface area contributed by atoms with E-state index in [4.69, 9.17) is 0 Å². The summed E-state index contributed by atoms with van der Waals surface area (Å²) in [5.41, 5.74) is 0.593. The molecule has 2 nitrogen and oxygen atoms in total. The van der Waals surface area contributed by atoms with Crippen molar-refractivity contribution in [2.24, 2.45) is 0 Å². The Balaban J connectivity index is 2.82. The van der Waals surface area contributed by atoms with Crippen molar-refractivity contribution in [1.29, 1.82) is 0 Å². The first-order chi connectivity index (χ1) is 6.50. The highest BCUT2D eigenvalue weighted by molar-refractivity contribution is 5.93. The first kappa shape index (κ1) is 10.6. The third-order valence-electron chi connectivity index (χ3n) is 1.64. The molecule has 1 aromatic carbocycles. The van der Waals surface area contributed by atoms with Gasteiger partial charge in [0.25, 0.3) is 5.91 Å². The maximum Gasteiger partial charge on any atom is 0.315 e. The van der Waals surface area contributed by atoms with Crippen LogP contribution in [0.3, 0.4) is 0 Å². The van der Waals surface area contributed by atoms with Crippen molar-refractivity contribution in [3.8, 4) is 0 Å². The van der Waals surface area contributed by atoms with Crippen LogP contribution in [0.25, 0.3) is 0 Å². The highest BCUT2D eigenvalue weighted by atomic mass is 19.3. The van der Waals surface area contributed by atoms with E-state index in [1.165, 1.54) is 13.0 Å². The van der Waals surface area contributed by atoms with E-state index in [1.54, 1.807) is 0 Å². The molecule has 0 bridgehead atoms. The smallest absolute Gasteiger partial charge is 0.315 e. The lowest BCUT2D eigenvalue weighted by atomic mass is 10.2. The Bertz CT molecular complexity index is 352. The first-order valence-corrected chi connectivity index (χ1v) is 3.86. The van der Waals surface area contributed by atoms with Crippen molar-refractivity contribution in [2.45, 2.75) is 13.3 Å². The van der Waals surface area contributed by atoms with Crippen molar-refractivity contribution in [3.63, 3.8) is 0 Å². The average Bonchev–Trinajstić information content (AvgIpc) is 2.09. The zero-order valence-electron chi connectivity index (χ0n) is 7.35. The fourth-order valence-electron chi connectivity index (χ4n) is 0.955. The summed E-state index contributed by atoms with van der Waals surface area (Å²) in [5.74, 6) is -1.86. The van der Waals surface area contributed by atoms with Crippen LogP contribution in [0.2, 0.25) is 0 Å². The van der Waals surface area contributed by atoms with Crippen molar-refractivity contribution >= 4 is 11.6 Å². The predicted molar refractivity (Wildman–Crippen MR) is 45.8 cm³/mol. The molecule has 0 unspecified atom stereocenters. The van der Waals surface area contributed by atoms with E-state index in [1.807, 2.05) is 5.32 Å². The molecule has 76 valence electrons. The number of aryl methyl sites for hydroxylation is 1. The van der Waals surface area contributed by atoms with Gasteiger partial charge in [-0.2, -0.15) is 8.78 Å². The van der Waals surface area contributed by atoms with Crippen LogP contribution in [-0.2, 0) is 4.79 Å². The molecule has 1 rings (SSSR count). The normalized spacial score (nSPS) is 10.4. The minimum atomic E-state index is -3.07. The Kier molecular flexibility index (Phi) is 3.11. The number of rotatable bonds is 2. The zero-order chi connectivity index (χ0) is 10.7. The van der Waals surface area contributed by atoms with Crippen molar-refractivity contribution in [2.75, 3.05) is 5.32 Å². The van der Waals surface area contributed by atoms with E-state index >= 15 is 0 Å². The number of halogens is 3. The third-order valence-corrected chi connectivity index (χ3v) is 1.64. The van der Waals surface area contributed by atoms with Crippen LogP contribution < -0.4 is 5.32 Å². The Morgan fingerprint density at radius 1 is 1.43 bits per heavy atom. The van der Waals surface area contributed by atoms with Gasteiger partial charge in [0.1, 0.15) is 5.82 Å². The highest BCUT2D eigenvalue weighted by Crippen LogP contribution is 2.16. The van der Waals surface area contributed by atoms with E-state index in [2.05, 4.69) is 0 Å². The molecule has 1 N–H and O–H groups in total. The molecule has 14 heavy (non-hydrogen) atoms. The number of anilines is 1. The van der Waals surface area contributed by atoms with Crippen molar-refractivity contribution in [1.82, 2.24) is 0 Å². The molecule has 0 atom stereocenters. The highest BCUT2D eigenvalue weighted by Gasteiger charge is 2.15. The Labute approximate surface area is 78.7 Å². The van der Waals surface area contributed by atoms with Gasteiger partial charge in [-0.05, 0) is 30.7 Å². The molecule has 0 aliphatic rings. The SMILES string of the molecule is Cc1cc(F)ccc1NC(=O)C(F)F. The molecule has 0 aromatic heterocycles. The van der Waals surface area contributed by atoms with Crippen LogP contribution in [0, 0.1) is 12.7 Å². The van der Waals surface area contributed by atoms with Gasteiger partial charge in [0.05, 0.1) is 0 Å². The van der Waals surface area contributed by atoms with Gasteiger partial charge in [-0.1, -0.05) is 0 Å². The van der Waals surface area contributed by atoms with Gasteiger partial charge in [-0.25, -0.2) is 4.39 Å². The van der Waals surface area contributed by atoms with Crippen LogP contribution >= 0.6 is 0 Å². The fourth-order valence-corrected chi connectivity index (χ4v) is 0.955. The largest absolute Gasteiger partial charge is 0.321 e. The number of carbonyl (C=O) groups is 1. The third kappa shape index (κ3) is 2.48. The summed E-state index contributed by atoms with van der Waals surface area (Å²) in [7, 11) is 0. The maximum atomic E-state index is 12.6. The van der Waals surface area contributed by atoms with Gasteiger partial charge in [0.15, 0.2) is 0 Å². The lowest BCUT2D eigenvalue weighted by molar-refractivity contribution is -0.126. The van der Waals surface area contributed by atoms with Gasteiger partial charge in [-0.3, -0.25) is 4.79 Å². The van der Waals surface area contributed by atoms with E-state index < -0.39 is 18.1 Å². The molecule has 0 spiro atoms. The van der Waals surface area contributed by atoms with Crippen LogP contribution in [0.4, 0.5) is 18.9 Å². The van der Waals surface area contributed by atoms with E-state index in [0.717, 1.165) is 12.1 Å². The van der Waals surface area contributed by atoms with Crippen molar-refractivity contribution in [3.05, 3.63) is 29.6 Å². The first-order valence-electron chi connectivity index (χ1n) is 3.86. The Morgan fingerprint density at radius 3 is 2.57 bits per heavy atom. The number of amides is 1. The Morgan fingerprint density at radius 2 is 2.07 bits per heavy atom. The second-order valence-corrected chi connectivity index (χ2v) is 2.75. The van der Waals surface area contributed by atoms with Gasteiger partial charge in [0.2, 0.25) is 0 Å². The molecular weight excluding hydrogens is 195 g/mol. The van der Waals surface area contributed by atoms with Crippen LogP contribution in [0.1, 0.15) is 5.56 Å². The molecular formula is C9H8F3NO. The van der Waals surface area contributed by atoms with Gasteiger partial charge in [-0.15, -0.1) is 0 Å². The number of carbonyl (C=O) groups excluding carboxylic acids is 1. The minimum Gasteiger partial charge on any atom is -0.321 e. The number of hydrogen-bond acceptors (Lipinski definition) is 1. The zero-order valence-corrected chi connectivity index (χ0v) is 7.35. The number of hydrogen-bond donors (Lipinski definition) is 1. The molecule has 0 fully saturated rings. The lowest BCUT2D eigenvalue weighted by Crippen LogP contribution is -2.20. The van der Waals surface area contributed by atoms with Crippen LogP contribution in [0.15, 0.2) is 18.2 Å². The molecule has 5 heteroatoms. The average molecular weight is 203 g/mol. The maximum absolute atomic E-state index is 12.6. The summed E-state index contributed by atoms with van der Waals surface area (Å²) in [4.78, 5) is 10.6. The van der Waals surface area contributed by atoms with Gasteiger partial charge >= 0.3 is 6.43 Å². The molecule has 0 heterocycles. The lowest BCUT2D eigenvalue weighted by Gasteiger charge is -2.07. The van der Waals surface area contributed by atoms with E-state index in [-0.39, 0.29) is 5.69 Å². The van der Waals surface area contributed by atoms with Gasteiger partial charge in [0, 0.05) is 5.69 Å². The quantitative estimate of drug-likeness (QED) is 0.785. The van der Waals surface area contributed by atoms with Crippen LogP contribution in [0.5, 0.6) is 0 Å². The summed E-state index contributed by atoms with van der Waals surface area (Å²) in [6.45, 7) is 1.52. The summed E-state index contributed by atoms with van der Waals surface area (Å²) >= 11 is 0. The molecule has 1 aromatic rings. The fraction of sp³-hybridized carbons (Fsp3) is 0.222. The monoisotopic (exact) mass is 203 g/mol. The topological polar surface area (TPSA) is 29.1 Å². The van der Waals surface area contributed by atoms with Crippen molar-refractivity contribution < 1.29 is 18.0 Å². The summed E-state index contributed by atoms with van der Waals surface area (Å²) < 4.78 is 36.3. The molecule has 0 saturated carbocycles. The number of nitrogens with one attached hydrogen (secondary N) is 1. The molecule has 0 aliphatic carbocycles. The summed E-state index contributed by atoms with van der Waals surface area (Å²) in [6, 6.07) is 3.49. The van der Waals surface area contributed by atoms with Crippen LogP contribution in [-0.4, -0.2) is 12.3 Å². The second-order valence-electron chi connectivity index (χ2n) is 2.75. The number of alkyl halides is 2. The molecule has 1 amide bonds. The molecule has 0 radical (unpaired) electrons. The van der Waals surface area contributed by atoms with Gasteiger partial charge < -0.3 is 5.32 Å². The van der Waals surface area contributed by atoms with E-state index in [9.17, 15) is 18.0 Å². The van der Waals surface area contributed by atoms with E-state index in [0.29, 0.717) is 5.56 Å². The Hall–Kier alpha value is -1.52. The summed E-state index contributed by atoms with van der Waals surface area (Å²) in [5, 5.41) is 1.98. The summed E-state index contributed by atoms with van der Waals surface area (Å²) in [6.07, 6.45) is -3.07. The minimum absolute atomic E-state index is 0.191. The molecule has 0 aliphatic heterocycles.